The SMILES string of the molecule is CCO[C@H]1OC(C(=O)N(C)CC(OC)OC)=C[C@@H](C(C)C)[C@@H]1CCCO. The number of carbonyl (C=O) groups excluding carboxylic acids is 1. The van der Waals surface area contributed by atoms with Gasteiger partial charge in [0.15, 0.2) is 12.0 Å². The summed E-state index contributed by atoms with van der Waals surface area (Å²) in [5, 5.41) is 9.20. The molecule has 0 saturated heterocycles. The number of carbonyl (C=O) groups is 1. The molecule has 0 aromatic carbocycles. The number of hydrogen-bond donors (Lipinski definition) is 1. The minimum Gasteiger partial charge on any atom is -0.459 e. The van der Waals surface area contributed by atoms with E-state index in [1.54, 1.807) is 7.05 Å². The van der Waals surface area contributed by atoms with Crippen LogP contribution in [0.1, 0.15) is 33.6 Å². The quantitative estimate of drug-likeness (QED) is 0.558. The van der Waals surface area contributed by atoms with Gasteiger partial charge in [-0.2, -0.15) is 0 Å². The van der Waals surface area contributed by atoms with Crippen LogP contribution in [0.4, 0.5) is 0 Å². The van der Waals surface area contributed by atoms with Crippen LogP contribution in [-0.4, -0.2) is 69.5 Å². The molecule has 7 nitrogen and oxygen atoms in total. The fourth-order valence-electron chi connectivity index (χ4n) is 3.26. The summed E-state index contributed by atoms with van der Waals surface area (Å²) in [6.07, 6.45) is 2.40. The van der Waals surface area contributed by atoms with E-state index in [1.807, 2.05) is 13.0 Å². The Bertz CT molecular complexity index is 449. The molecular weight excluding hydrogens is 338 g/mol. The zero-order valence-electron chi connectivity index (χ0n) is 16.9. The Balaban J connectivity index is 3.00. The molecule has 1 amide bonds. The molecule has 0 bridgehead atoms. The lowest BCUT2D eigenvalue weighted by atomic mass is 9.78. The van der Waals surface area contributed by atoms with Crippen LogP contribution >= 0.6 is 0 Å². The molecule has 3 atom stereocenters. The van der Waals surface area contributed by atoms with Gasteiger partial charge in [0.05, 0.1) is 6.54 Å². The van der Waals surface area contributed by atoms with Crippen molar-refractivity contribution in [2.45, 2.75) is 46.2 Å². The zero-order chi connectivity index (χ0) is 19.7. The van der Waals surface area contributed by atoms with Gasteiger partial charge < -0.3 is 29.0 Å². The Kier molecular flexibility index (Phi) is 10.2. The monoisotopic (exact) mass is 373 g/mol. The first-order chi connectivity index (χ1) is 12.4. The number of rotatable bonds is 11. The van der Waals surface area contributed by atoms with Gasteiger partial charge in [-0.05, 0) is 37.7 Å². The molecule has 0 aliphatic carbocycles. The van der Waals surface area contributed by atoms with Gasteiger partial charge in [0.1, 0.15) is 0 Å². The van der Waals surface area contributed by atoms with Crippen LogP contribution in [0.15, 0.2) is 11.8 Å². The standard InChI is InChI=1S/C19H35NO6/c1-7-25-19-14(9-8-10-21)15(13(2)3)11-16(26-19)18(22)20(4)12-17(23-5)24-6/h11,13-15,17,19,21H,7-10,12H2,1-6H3/t14-,15-,19-/m0/s1. The molecule has 0 spiro atoms. The van der Waals surface area contributed by atoms with Gasteiger partial charge >= 0.3 is 0 Å². The topological polar surface area (TPSA) is 77.5 Å². The Morgan fingerprint density at radius 1 is 1.35 bits per heavy atom. The van der Waals surface area contributed by atoms with Crippen molar-refractivity contribution < 1.29 is 28.8 Å². The molecule has 0 aromatic heterocycles. The van der Waals surface area contributed by atoms with E-state index < -0.39 is 12.6 Å². The van der Waals surface area contributed by atoms with Crippen LogP contribution < -0.4 is 0 Å². The maximum Gasteiger partial charge on any atom is 0.288 e. The third kappa shape index (κ3) is 6.23. The van der Waals surface area contributed by atoms with Crippen LogP contribution in [0.25, 0.3) is 0 Å². The highest BCUT2D eigenvalue weighted by atomic mass is 16.7. The van der Waals surface area contributed by atoms with Crippen LogP contribution in [-0.2, 0) is 23.7 Å². The summed E-state index contributed by atoms with van der Waals surface area (Å²) in [6, 6.07) is 0. The third-order valence-electron chi connectivity index (χ3n) is 4.73. The first kappa shape index (κ1) is 22.9. The molecule has 1 N–H and O–H groups in total. The van der Waals surface area contributed by atoms with Crippen LogP contribution in [0.2, 0.25) is 0 Å². The summed E-state index contributed by atoms with van der Waals surface area (Å²) in [5.74, 6) is 0.648. The first-order valence-electron chi connectivity index (χ1n) is 9.31. The van der Waals surface area contributed by atoms with E-state index in [1.165, 1.54) is 19.1 Å². The molecule has 1 heterocycles. The fourth-order valence-corrected chi connectivity index (χ4v) is 3.26. The summed E-state index contributed by atoms with van der Waals surface area (Å²) >= 11 is 0. The van der Waals surface area contributed by atoms with Gasteiger partial charge in [-0.25, -0.2) is 0 Å². The van der Waals surface area contributed by atoms with Crippen molar-refractivity contribution in [1.82, 2.24) is 4.90 Å². The lowest BCUT2D eigenvalue weighted by Crippen LogP contribution is -2.43. The smallest absolute Gasteiger partial charge is 0.288 e. The molecule has 0 radical (unpaired) electrons. The Morgan fingerprint density at radius 3 is 2.50 bits per heavy atom. The van der Waals surface area contributed by atoms with Crippen molar-refractivity contribution in [3.63, 3.8) is 0 Å². The summed E-state index contributed by atoms with van der Waals surface area (Å²) in [5.41, 5.74) is 0. The van der Waals surface area contributed by atoms with Crippen molar-refractivity contribution >= 4 is 5.91 Å². The van der Waals surface area contributed by atoms with Crippen molar-refractivity contribution in [2.75, 3.05) is 41.0 Å². The molecule has 152 valence electrons. The number of aliphatic hydroxyl groups excluding tert-OH is 1. The maximum absolute atomic E-state index is 12.8. The highest BCUT2D eigenvalue weighted by Gasteiger charge is 2.39. The molecule has 0 fully saturated rings. The van der Waals surface area contributed by atoms with Crippen molar-refractivity contribution in [2.24, 2.45) is 17.8 Å². The lowest BCUT2D eigenvalue weighted by Gasteiger charge is -2.39. The van der Waals surface area contributed by atoms with Gasteiger partial charge in [0.2, 0.25) is 6.29 Å². The minimum atomic E-state index is -0.492. The first-order valence-corrected chi connectivity index (χ1v) is 9.31. The number of amides is 1. The van der Waals surface area contributed by atoms with E-state index in [0.29, 0.717) is 31.2 Å². The van der Waals surface area contributed by atoms with E-state index >= 15 is 0 Å². The summed E-state index contributed by atoms with van der Waals surface area (Å²) in [4.78, 5) is 14.4. The van der Waals surface area contributed by atoms with E-state index in [-0.39, 0.29) is 24.3 Å². The second kappa shape index (κ2) is 11.5. The normalized spacial score (nSPS) is 23.1. The summed E-state index contributed by atoms with van der Waals surface area (Å²) in [6.45, 7) is 7.08. The van der Waals surface area contributed by atoms with Gasteiger partial charge in [0.25, 0.3) is 5.91 Å². The molecule has 1 rings (SSSR count). The number of likely N-dealkylation sites (N-methyl/N-ethyl adjacent to an activating group) is 1. The average molecular weight is 373 g/mol. The van der Waals surface area contributed by atoms with Crippen molar-refractivity contribution in [3.05, 3.63) is 11.8 Å². The van der Waals surface area contributed by atoms with Gasteiger partial charge in [-0.3, -0.25) is 4.79 Å². The largest absolute Gasteiger partial charge is 0.459 e. The highest BCUT2D eigenvalue weighted by molar-refractivity contribution is 5.91. The molecule has 26 heavy (non-hydrogen) atoms. The molecule has 0 saturated carbocycles. The summed E-state index contributed by atoms with van der Waals surface area (Å²) < 4.78 is 22.1. The van der Waals surface area contributed by atoms with Crippen molar-refractivity contribution in [1.29, 1.82) is 0 Å². The maximum atomic E-state index is 12.8. The third-order valence-corrected chi connectivity index (χ3v) is 4.73. The lowest BCUT2D eigenvalue weighted by molar-refractivity contribution is -0.180. The van der Waals surface area contributed by atoms with E-state index in [2.05, 4.69) is 13.8 Å². The molecule has 7 heteroatoms. The molecule has 1 aliphatic heterocycles. The number of ether oxygens (including phenoxy) is 4. The van der Waals surface area contributed by atoms with Crippen LogP contribution in [0.5, 0.6) is 0 Å². The van der Waals surface area contributed by atoms with E-state index in [9.17, 15) is 9.90 Å². The minimum absolute atomic E-state index is 0.106. The number of nitrogens with zero attached hydrogens (tertiary/aromatic N) is 1. The highest BCUT2D eigenvalue weighted by Crippen LogP contribution is 2.37. The van der Waals surface area contributed by atoms with Crippen molar-refractivity contribution in [3.8, 4) is 0 Å². The molecule has 0 aromatic rings. The van der Waals surface area contributed by atoms with Gasteiger partial charge in [-0.15, -0.1) is 0 Å². The predicted octanol–water partition coefficient (Wildman–Crippen LogP) is 2.00. The number of hydrogen-bond acceptors (Lipinski definition) is 6. The second-order valence-electron chi connectivity index (χ2n) is 6.91. The van der Waals surface area contributed by atoms with Gasteiger partial charge in [0, 0.05) is 40.4 Å². The number of allylic oxidation sites excluding steroid dienone is 1. The Labute approximate surface area is 157 Å². The molecule has 1 aliphatic rings. The predicted molar refractivity (Wildman–Crippen MR) is 98.2 cm³/mol. The zero-order valence-corrected chi connectivity index (χ0v) is 16.9. The average Bonchev–Trinajstić information content (AvgIpc) is 2.63. The van der Waals surface area contributed by atoms with E-state index in [4.69, 9.17) is 18.9 Å². The van der Waals surface area contributed by atoms with Crippen LogP contribution in [0, 0.1) is 17.8 Å². The number of methoxy groups -OCH3 is 2. The number of aliphatic hydroxyl groups is 1. The molecular formula is C19H35NO6. The Morgan fingerprint density at radius 2 is 2.00 bits per heavy atom. The summed E-state index contributed by atoms with van der Waals surface area (Å²) in [7, 11) is 4.76. The van der Waals surface area contributed by atoms with Crippen LogP contribution in [0.3, 0.4) is 0 Å². The van der Waals surface area contributed by atoms with E-state index in [0.717, 1.165) is 6.42 Å². The fraction of sp³-hybridized carbons (Fsp3) is 0.842. The second-order valence-corrected chi connectivity index (χ2v) is 6.91. The Hall–Kier alpha value is -1.15. The van der Waals surface area contributed by atoms with Gasteiger partial charge in [-0.1, -0.05) is 13.8 Å². The molecule has 0 unspecified atom stereocenters.